The third-order valence-corrected chi connectivity index (χ3v) is 4.05. The molecule has 3 nitrogen and oxygen atoms in total. The molecule has 0 atom stereocenters. The van der Waals surface area contributed by atoms with Crippen LogP contribution in [0.5, 0.6) is 0 Å². The molecule has 19 heavy (non-hydrogen) atoms. The van der Waals surface area contributed by atoms with Crippen LogP contribution in [-0.2, 0) is 4.79 Å². The molecule has 0 amide bonds. The number of carboxylic acids is 1. The van der Waals surface area contributed by atoms with E-state index < -0.39 is 5.97 Å². The minimum absolute atomic E-state index is 0.0984. The summed E-state index contributed by atoms with van der Waals surface area (Å²) in [6.45, 7) is 0. The Morgan fingerprint density at radius 1 is 1.21 bits per heavy atom. The normalized spacial score (nSPS) is 23.0. The summed E-state index contributed by atoms with van der Waals surface area (Å²) in [4.78, 5) is 23.0. The molecule has 4 heteroatoms. The van der Waals surface area contributed by atoms with Gasteiger partial charge in [0.2, 0.25) is 0 Å². The Morgan fingerprint density at radius 2 is 1.89 bits per heavy atom. The van der Waals surface area contributed by atoms with Crippen LogP contribution < -0.4 is 0 Å². The van der Waals surface area contributed by atoms with Crippen LogP contribution >= 0.6 is 11.6 Å². The van der Waals surface area contributed by atoms with Crippen LogP contribution in [0.15, 0.2) is 24.3 Å². The zero-order valence-electron chi connectivity index (χ0n) is 10.6. The van der Waals surface area contributed by atoms with E-state index in [0.717, 1.165) is 12.8 Å². The van der Waals surface area contributed by atoms with Crippen molar-refractivity contribution >= 4 is 23.4 Å². The highest BCUT2D eigenvalue weighted by Gasteiger charge is 2.27. The van der Waals surface area contributed by atoms with Crippen molar-refractivity contribution in [2.75, 3.05) is 0 Å². The molecule has 1 aromatic carbocycles. The Morgan fingerprint density at radius 3 is 2.47 bits per heavy atom. The minimum atomic E-state index is -0.709. The number of halogens is 1. The quantitative estimate of drug-likeness (QED) is 0.854. The summed E-state index contributed by atoms with van der Waals surface area (Å²) in [7, 11) is 0. The molecule has 0 bridgehead atoms. The van der Waals surface area contributed by atoms with Crippen LogP contribution in [0.25, 0.3) is 0 Å². The molecule has 0 unspecified atom stereocenters. The number of Topliss-reactive ketones (excluding diaryl/α,β-unsaturated/α-hetero) is 1. The molecule has 0 aliphatic heterocycles. The molecular formula is C15H17ClO3. The van der Waals surface area contributed by atoms with Gasteiger partial charge in [-0.15, -0.1) is 0 Å². The van der Waals surface area contributed by atoms with Gasteiger partial charge >= 0.3 is 5.97 Å². The predicted octanol–water partition coefficient (Wildman–Crippen LogP) is 3.80. The van der Waals surface area contributed by atoms with Crippen molar-refractivity contribution in [3.05, 3.63) is 34.9 Å². The van der Waals surface area contributed by atoms with E-state index in [-0.39, 0.29) is 11.7 Å². The first-order valence-electron chi connectivity index (χ1n) is 6.58. The SMILES string of the molecule is O=C(CC1CCC(C(=O)O)CC1)c1cccc(Cl)c1. The monoisotopic (exact) mass is 280 g/mol. The van der Waals surface area contributed by atoms with Crippen molar-refractivity contribution in [3.8, 4) is 0 Å². The smallest absolute Gasteiger partial charge is 0.306 e. The van der Waals surface area contributed by atoms with Crippen LogP contribution in [0, 0.1) is 11.8 Å². The van der Waals surface area contributed by atoms with E-state index in [2.05, 4.69) is 0 Å². The van der Waals surface area contributed by atoms with Gasteiger partial charge in [-0.2, -0.15) is 0 Å². The largest absolute Gasteiger partial charge is 0.481 e. The number of carboxylic acid groups (broad SMARTS) is 1. The summed E-state index contributed by atoms with van der Waals surface area (Å²) >= 11 is 5.87. The molecule has 1 aliphatic carbocycles. The lowest BCUT2D eigenvalue weighted by molar-refractivity contribution is -0.143. The van der Waals surface area contributed by atoms with Crippen LogP contribution in [-0.4, -0.2) is 16.9 Å². The van der Waals surface area contributed by atoms with Gasteiger partial charge in [-0.3, -0.25) is 9.59 Å². The second kappa shape index (κ2) is 6.20. The molecule has 102 valence electrons. The summed E-state index contributed by atoms with van der Waals surface area (Å²) in [5, 5.41) is 9.50. The first kappa shape index (κ1) is 14.1. The highest BCUT2D eigenvalue weighted by Crippen LogP contribution is 2.31. The number of carbonyl (C=O) groups excluding carboxylic acids is 1. The fraction of sp³-hybridized carbons (Fsp3) is 0.467. The number of aliphatic carboxylic acids is 1. The van der Waals surface area contributed by atoms with Crippen molar-refractivity contribution in [2.24, 2.45) is 11.8 Å². The predicted molar refractivity (Wildman–Crippen MR) is 73.5 cm³/mol. The van der Waals surface area contributed by atoms with Crippen molar-refractivity contribution in [2.45, 2.75) is 32.1 Å². The van der Waals surface area contributed by atoms with Crippen LogP contribution in [0.1, 0.15) is 42.5 Å². The standard InChI is InChI=1S/C15H17ClO3/c16-13-3-1-2-12(9-13)14(17)8-10-4-6-11(7-5-10)15(18)19/h1-3,9-11H,4-8H2,(H,18,19). The topological polar surface area (TPSA) is 54.4 Å². The molecule has 0 saturated heterocycles. The molecule has 0 spiro atoms. The third-order valence-electron chi connectivity index (χ3n) is 3.82. The van der Waals surface area contributed by atoms with Gasteiger partial charge in [0, 0.05) is 17.0 Å². The molecule has 1 fully saturated rings. The third kappa shape index (κ3) is 3.80. The van der Waals surface area contributed by atoms with Gasteiger partial charge in [0.25, 0.3) is 0 Å². The highest BCUT2D eigenvalue weighted by atomic mass is 35.5. The summed E-state index contributed by atoms with van der Waals surface area (Å²) in [6.07, 6.45) is 3.50. The van der Waals surface area contributed by atoms with Crippen molar-refractivity contribution < 1.29 is 14.7 Å². The second-order valence-electron chi connectivity index (χ2n) is 5.19. The Kier molecular flexibility index (Phi) is 4.59. The zero-order valence-corrected chi connectivity index (χ0v) is 11.4. The van der Waals surface area contributed by atoms with Crippen LogP contribution in [0.4, 0.5) is 0 Å². The summed E-state index contributed by atoms with van der Waals surface area (Å²) < 4.78 is 0. The van der Waals surface area contributed by atoms with E-state index in [1.165, 1.54) is 0 Å². The van der Waals surface area contributed by atoms with Gasteiger partial charge in [0.05, 0.1) is 5.92 Å². The molecular weight excluding hydrogens is 264 g/mol. The second-order valence-corrected chi connectivity index (χ2v) is 5.63. The Labute approximate surface area is 117 Å². The van der Waals surface area contributed by atoms with E-state index in [1.54, 1.807) is 24.3 Å². The average Bonchev–Trinajstić information content (AvgIpc) is 2.39. The number of carbonyl (C=O) groups is 2. The van der Waals surface area contributed by atoms with Crippen molar-refractivity contribution in [1.29, 1.82) is 0 Å². The number of hydrogen-bond acceptors (Lipinski definition) is 2. The van der Waals surface area contributed by atoms with Gasteiger partial charge in [-0.1, -0.05) is 23.7 Å². The zero-order chi connectivity index (χ0) is 13.8. The lowest BCUT2D eigenvalue weighted by atomic mass is 9.79. The van der Waals surface area contributed by atoms with Crippen LogP contribution in [0.2, 0.25) is 5.02 Å². The summed E-state index contributed by atoms with van der Waals surface area (Å²) in [6, 6.07) is 6.98. The molecule has 1 aromatic rings. The summed E-state index contributed by atoms with van der Waals surface area (Å²) in [5.74, 6) is -0.527. The Bertz CT molecular complexity index is 476. The average molecular weight is 281 g/mol. The molecule has 0 heterocycles. The van der Waals surface area contributed by atoms with E-state index in [4.69, 9.17) is 16.7 Å². The Balaban J connectivity index is 1.89. The number of hydrogen-bond donors (Lipinski definition) is 1. The van der Waals surface area contributed by atoms with E-state index >= 15 is 0 Å². The fourth-order valence-electron chi connectivity index (χ4n) is 2.66. The maximum absolute atomic E-state index is 12.1. The maximum atomic E-state index is 12.1. The first-order chi connectivity index (χ1) is 9.06. The molecule has 0 aromatic heterocycles. The highest BCUT2D eigenvalue weighted by molar-refractivity contribution is 6.31. The first-order valence-corrected chi connectivity index (χ1v) is 6.95. The molecule has 0 radical (unpaired) electrons. The lowest BCUT2D eigenvalue weighted by Crippen LogP contribution is -2.22. The number of benzene rings is 1. The molecule has 1 saturated carbocycles. The Hall–Kier alpha value is -1.35. The van der Waals surface area contributed by atoms with Gasteiger partial charge in [-0.25, -0.2) is 0 Å². The van der Waals surface area contributed by atoms with E-state index in [0.29, 0.717) is 35.8 Å². The lowest BCUT2D eigenvalue weighted by Gasteiger charge is -2.25. The summed E-state index contributed by atoms with van der Waals surface area (Å²) in [5.41, 5.74) is 0.646. The van der Waals surface area contributed by atoms with Gasteiger partial charge in [0.15, 0.2) is 5.78 Å². The fourth-order valence-corrected chi connectivity index (χ4v) is 2.85. The van der Waals surface area contributed by atoms with E-state index in [1.807, 2.05) is 0 Å². The van der Waals surface area contributed by atoms with Crippen molar-refractivity contribution in [3.63, 3.8) is 0 Å². The van der Waals surface area contributed by atoms with E-state index in [9.17, 15) is 9.59 Å². The molecule has 1 aliphatic rings. The van der Waals surface area contributed by atoms with Gasteiger partial charge in [0.1, 0.15) is 0 Å². The van der Waals surface area contributed by atoms with Crippen LogP contribution in [0.3, 0.4) is 0 Å². The van der Waals surface area contributed by atoms with Gasteiger partial charge < -0.3 is 5.11 Å². The molecule has 1 N–H and O–H groups in total. The number of rotatable bonds is 4. The maximum Gasteiger partial charge on any atom is 0.306 e. The number of ketones is 1. The minimum Gasteiger partial charge on any atom is -0.481 e. The van der Waals surface area contributed by atoms with Crippen molar-refractivity contribution in [1.82, 2.24) is 0 Å². The molecule has 2 rings (SSSR count). The van der Waals surface area contributed by atoms with Gasteiger partial charge in [-0.05, 0) is 43.7 Å².